The summed E-state index contributed by atoms with van der Waals surface area (Å²) in [4.78, 5) is 15.9. The molecule has 0 spiro atoms. The van der Waals surface area contributed by atoms with Crippen LogP contribution in [0.3, 0.4) is 0 Å². The fraction of sp³-hybridized carbons (Fsp3) is 0.0667. The minimum absolute atomic E-state index is 0.103. The van der Waals surface area contributed by atoms with Gasteiger partial charge in [0, 0.05) is 24.0 Å². The number of carbonyl (C=O) groups is 1. The van der Waals surface area contributed by atoms with Gasteiger partial charge in [-0.05, 0) is 36.4 Å². The second kappa shape index (κ2) is 6.73. The van der Waals surface area contributed by atoms with Gasteiger partial charge in [0.05, 0.1) is 12.1 Å². The van der Waals surface area contributed by atoms with Gasteiger partial charge in [-0.3, -0.25) is 4.79 Å². The van der Waals surface area contributed by atoms with Crippen molar-refractivity contribution in [2.75, 3.05) is 12.4 Å². The third kappa shape index (κ3) is 3.83. The fourth-order valence-electron chi connectivity index (χ4n) is 1.52. The molecule has 0 amide bonds. The topological polar surface area (TPSA) is 51.2 Å². The predicted octanol–water partition coefficient (Wildman–Crippen LogP) is 3.55. The summed E-state index contributed by atoms with van der Waals surface area (Å²) < 4.78 is 5.04. The fourth-order valence-corrected chi connectivity index (χ4v) is 1.63. The normalized spacial score (nSPS) is 10.5. The molecule has 0 radical (unpaired) electrons. The maximum atomic E-state index is 11.9. The van der Waals surface area contributed by atoms with Crippen LogP contribution in [0.4, 0.5) is 5.82 Å². The van der Waals surface area contributed by atoms with E-state index in [2.05, 4.69) is 10.3 Å². The molecule has 5 heteroatoms. The van der Waals surface area contributed by atoms with Crippen LogP contribution in [0.1, 0.15) is 10.4 Å². The number of aromatic nitrogens is 1. The summed E-state index contributed by atoms with van der Waals surface area (Å²) >= 11 is 5.73. The van der Waals surface area contributed by atoms with Gasteiger partial charge in [0.2, 0.25) is 0 Å². The predicted molar refractivity (Wildman–Crippen MR) is 79.3 cm³/mol. The summed E-state index contributed by atoms with van der Waals surface area (Å²) in [6.07, 6.45) is 4.52. The Morgan fingerprint density at radius 2 is 2.00 bits per heavy atom. The zero-order valence-electron chi connectivity index (χ0n) is 10.8. The molecule has 1 aromatic carbocycles. The molecule has 0 unspecified atom stereocenters. The zero-order valence-corrected chi connectivity index (χ0v) is 11.6. The van der Waals surface area contributed by atoms with E-state index in [0.29, 0.717) is 22.2 Å². The molecule has 0 aliphatic rings. The van der Waals surface area contributed by atoms with Crippen LogP contribution in [0.5, 0.6) is 5.75 Å². The number of halogens is 1. The molecule has 2 rings (SSSR count). The van der Waals surface area contributed by atoms with Crippen LogP contribution in [0.15, 0.2) is 54.9 Å². The largest absolute Gasteiger partial charge is 0.497 e. The van der Waals surface area contributed by atoms with Crippen LogP contribution < -0.4 is 10.1 Å². The van der Waals surface area contributed by atoms with Crippen molar-refractivity contribution < 1.29 is 9.53 Å². The number of nitrogens with zero attached hydrogens (tertiary/aromatic N) is 1. The van der Waals surface area contributed by atoms with Gasteiger partial charge >= 0.3 is 0 Å². The Morgan fingerprint density at radius 3 is 2.60 bits per heavy atom. The maximum Gasteiger partial charge on any atom is 0.187 e. The van der Waals surface area contributed by atoms with Crippen LogP contribution in [-0.2, 0) is 0 Å². The molecule has 102 valence electrons. The zero-order chi connectivity index (χ0) is 14.4. The van der Waals surface area contributed by atoms with Crippen molar-refractivity contribution in [3.63, 3.8) is 0 Å². The lowest BCUT2D eigenvalue weighted by molar-refractivity contribution is 0.104. The van der Waals surface area contributed by atoms with Gasteiger partial charge in [-0.25, -0.2) is 4.98 Å². The van der Waals surface area contributed by atoms with Crippen LogP contribution in [0.2, 0.25) is 5.02 Å². The SMILES string of the molecule is COc1ccc(C(=O)C=CNc2ccc(Cl)cn2)cc1. The number of hydrogen-bond acceptors (Lipinski definition) is 4. The Bertz CT molecular complexity index is 607. The molecule has 0 atom stereocenters. The standard InChI is InChI=1S/C15H13ClN2O2/c1-20-13-5-2-11(3-6-13)14(19)8-9-17-15-7-4-12(16)10-18-15/h2-10H,1H3,(H,17,18). The van der Waals surface area contributed by atoms with E-state index in [1.807, 2.05) is 0 Å². The van der Waals surface area contributed by atoms with Crippen LogP contribution in [0.25, 0.3) is 0 Å². The Labute approximate surface area is 122 Å². The van der Waals surface area contributed by atoms with E-state index in [-0.39, 0.29) is 5.78 Å². The Balaban J connectivity index is 1.96. The van der Waals surface area contributed by atoms with Crippen molar-refractivity contribution in [2.24, 2.45) is 0 Å². The number of methoxy groups -OCH3 is 1. The Kier molecular flexibility index (Phi) is 4.74. The molecule has 1 aromatic heterocycles. The van der Waals surface area contributed by atoms with Crippen LogP contribution >= 0.6 is 11.6 Å². The molecule has 20 heavy (non-hydrogen) atoms. The lowest BCUT2D eigenvalue weighted by Gasteiger charge is -2.01. The van der Waals surface area contributed by atoms with Gasteiger partial charge in [0.15, 0.2) is 5.78 Å². The van der Waals surface area contributed by atoms with E-state index < -0.39 is 0 Å². The third-order valence-electron chi connectivity index (χ3n) is 2.57. The number of allylic oxidation sites excluding steroid dienone is 1. The van der Waals surface area contributed by atoms with E-state index in [9.17, 15) is 4.79 Å². The monoisotopic (exact) mass is 288 g/mol. The molecule has 0 saturated heterocycles. The van der Waals surface area contributed by atoms with Crippen LogP contribution in [0, 0.1) is 0 Å². The number of benzene rings is 1. The number of nitrogens with one attached hydrogen (secondary N) is 1. The molecule has 4 nitrogen and oxygen atoms in total. The summed E-state index contributed by atoms with van der Waals surface area (Å²) in [6, 6.07) is 10.4. The highest BCUT2D eigenvalue weighted by Crippen LogP contribution is 2.12. The van der Waals surface area contributed by atoms with Crippen molar-refractivity contribution in [1.29, 1.82) is 0 Å². The van der Waals surface area contributed by atoms with Crippen molar-refractivity contribution >= 4 is 23.2 Å². The van der Waals surface area contributed by atoms with Gasteiger partial charge in [-0.1, -0.05) is 11.6 Å². The van der Waals surface area contributed by atoms with Gasteiger partial charge in [-0.15, -0.1) is 0 Å². The van der Waals surface area contributed by atoms with Gasteiger partial charge < -0.3 is 10.1 Å². The maximum absolute atomic E-state index is 11.9. The third-order valence-corrected chi connectivity index (χ3v) is 2.79. The Morgan fingerprint density at radius 1 is 1.25 bits per heavy atom. The molecule has 0 bridgehead atoms. The minimum Gasteiger partial charge on any atom is -0.497 e. The summed E-state index contributed by atoms with van der Waals surface area (Å²) in [6.45, 7) is 0. The summed E-state index contributed by atoms with van der Waals surface area (Å²) in [5.41, 5.74) is 0.591. The first-order valence-electron chi connectivity index (χ1n) is 5.92. The number of anilines is 1. The van der Waals surface area contributed by atoms with Gasteiger partial charge in [0.1, 0.15) is 11.6 Å². The second-order valence-electron chi connectivity index (χ2n) is 3.93. The van der Waals surface area contributed by atoms with Crippen molar-refractivity contribution in [3.8, 4) is 5.75 Å². The average molecular weight is 289 g/mol. The molecular formula is C15H13ClN2O2. The highest BCUT2D eigenvalue weighted by atomic mass is 35.5. The van der Waals surface area contributed by atoms with Crippen molar-refractivity contribution in [1.82, 2.24) is 4.98 Å². The minimum atomic E-state index is -0.103. The van der Waals surface area contributed by atoms with E-state index in [1.54, 1.807) is 49.7 Å². The van der Waals surface area contributed by atoms with E-state index in [1.165, 1.54) is 12.3 Å². The summed E-state index contributed by atoms with van der Waals surface area (Å²) in [5, 5.41) is 3.46. The first-order valence-corrected chi connectivity index (χ1v) is 6.30. The summed E-state index contributed by atoms with van der Waals surface area (Å²) in [5.74, 6) is 1.23. The van der Waals surface area contributed by atoms with E-state index >= 15 is 0 Å². The number of pyridine rings is 1. The Hall–Kier alpha value is -2.33. The number of carbonyl (C=O) groups excluding carboxylic acids is 1. The van der Waals surface area contributed by atoms with Gasteiger partial charge in [-0.2, -0.15) is 0 Å². The number of ketones is 1. The highest BCUT2D eigenvalue weighted by Gasteiger charge is 2.01. The number of ether oxygens (including phenoxy) is 1. The highest BCUT2D eigenvalue weighted by molar-refractivity contribution is 6.30. The lowest BCUT2D eigenvalue weighted by Crippen LogP contribution is -1.97. The van der Waals surface area contributed by atoms with E-state index in [4.69, 9.17) is 16.3 Å². The van der Waals surface area contributed by atoms with Gasteiger partial charge in [0.25, 0.3) is 0 Å². The average Bonchev–Trinajstić information content (AvgIpc) is 2.49. The van der Waals surface area contributed by atoms with Crippen molar-refractivity contribution in [2.45, 2.75) is 0 Å². The number of hydrogen-bond donors (Lipinski definition) is 1. The quantitative estimate of drug-likeness (QED) is 0.675. The summed E-state index contributed by atoms with van der Waals surface area (Å²) in [7, 11) is 1.58. The second-order valence-corrected chi connectivity index (χ2v) is 4.37. The molecule has 2 aromatic rings. The molecular weight excluding hydrogens is 276 g/mol. The molecule has 1 heterocycles. The van der Waals surface area contributed by atoms with Crippen molar-refractivity contribution in [3.05, 3.63) is 65.5 Å². The first kappa shape index (κ1) is 14.1. The molecule has 0 fully saturated rings. The molecule has 0 saturated carbocycles. The molecule has 1 N–H and O–H groups in total. The molecule has 0 aliphatic carbocycles. The van der Waals surface area contributed by atoms with Crippen LogP contribution in [-0.4, -0.2) is 17.9 Å². The number of rotatable bonds is 5. The molecule has 0 aliphatic heterocycles. The lowest BCUT2D eigenvalue weighted by atomic mass is 10.1. The smallest absolute Gasteiger partial charge is 0.187 e. The first-order chi connectivity index (χ1) is 9.69. The van der Waals surface area contributed by atoms with E-state index in [0.717, 1.165) is 0 Å².